The van der Waals surface area contributed by atoms with Crippen molar-refractivity contribution in [3.63, 3.8) is 0 Å². The van der Waals surface area contributed by atoms with Crippen molar-refractivity contribution in [3.05, 3.63) is 72.6 Å². The second-order valence-electron chi connectivity index (χ2n) is 7.10. The summed E-state index contributed by atoms with van der Waals surface area (Å²) >= 11 is 20.3. The molecule has 2 amide bonds. The Kier molecular flexibility index (Phi) is 10.1. The first kappa shape index (κ1) is 30.2. The molecule has 2 aromatic carbocycles. The number of rotatable bonds is 7. The van der Waals surface area contributed by atoms with Crippen LogP contribution in [0.25, 0.3) is 5.83 Å². The molecular weight excluding hydrogens is 631 g/mol. The second-order valence-corrected chi connectivity index (χ2v) is 9.15. The first-order valence-corrected chi connectivity index (χ1v) is 11.4. The molecule has 0 bridgehead atoms. The van der Waals surface area contributed by atoms with E-state index in [1.807, 2.05) is 0 Å². The summed E-state index contributed by atoms with van der Waals surface area (Å²) in [6.45, 7) is -2.37. The molecule has 0 aliphatic carbocycles. The van der Waals surface area contributed by atoms with Gasteiger partial charge in [-0.05, 0) is 51.8 Å². The Bertz CT molecular complexity index is 1160. The lowest BCUT2D eigenvalue weighted by Gasteiger charge is -2.19. The minimum Gasteiger partial charge on any atom is -0.345 e. The quantitative estimate of drug-likeness (QED) is 0.243. The Morgan fingerprint density at radius 1 is 0.972 bits per heavy atom. The zero-order valence-electron chi connectivity index (χ0n) is 17.4. The predicted octanol–water partition coefficient (Wildman–Crippen LogP) is 7.47. The van der Waals surface area contributed by atoms with Crippen LogP contribution in [-0.2, 0) is 4.79 Å². The lowest BCUT2D eigenvalue weighted by Crippen LogP contribution is -2.40. The molecule has 0 saturated heterocycles. The van der Waals surface area contributed by atoms with Crippen LogP contribution in [0.2, 0.25) is 15.1 Å². The number of allylic oxidation sites excluding steroid dienone is 1. The molecule has 36 heavy (non-hydrogen) atoms. The van der Waals surface area contributed by atoms with E-state index in [1.54, 1.807) is 5.32 Å². The molecule has 2 rings (SSSR count). The zero-order chi connectivity index (χ0) is 27.4. The molecule has 0 radical (unpaired) electrons. The Labute approximate surface area is 222 Å². The van der Waals surface area contributed by atoms with Gasteiger partial charge in [0.1, 0.15) is 18.3 Å². The first-order chi connectivity index (χ1) is 16.5. The number of hydrogen-bond acceptors (Lipinski definition) is 2. The van der Waals surface area contributed by atoms with Gasteiger partial charge in [-0.2, -0.15) is 26.3 Å². The van der Waals surface area contributed by atoms with Crippen LogP contribution in [0.15, 0.2) is 40.9 Å². The number of halogens is 11. The maximum absolute atomic E-state index is 14.8. The van der Waals surface area contributed by atoms with Gasteiger partial charge in [-0.15, -0.1) is 0 Å². The van der Waals surface area contributed by atoms with Crippen molar-refractivity contribution in [2.45, 2.75) is 18.3 Å². The standard InChI is InChI=1S/C21H13BrCl3F7N2O2/c22-13-3-9(1-2-11(13)19(36)33-7-17(35)34-8-20(27,28)29)16(26)6-12(21(30,31)32)10-4-14(23)18(25)15(24)5-10/h1-6,12H,7-8H2,(H,33,36)(H,34,35). The van der Waals surface area contributed by atoms with Gasteiger partial charge in [0.2, 0.25) is 5.91 Å². The average Bonchev–Trinajstić information content (AvgIpc) is 2.76. The van der Waals surface area contributed by atoms with Gasteiger partial charge in [-0.3, -0.25) is 9.59 Å². The van der Waals surface area contributed by atoms with Crippen molar-refractivity contribution in [1.29, 1.82) is 0 Å². The van der Waals surface area contributed by atoms with E-state index in [0.29, 0.717) is 6.08 Å². The predicted molar refractivity (Wildman–Crippen MR) is 125 cm³/mol. The van der Waals surface area contributed by atoms with Gasteiger partial charge < -0.3 is 10.6 Å². The maximum Gasteiger partial charge on any atom is 0.405 e. The highest BCUT2D eigenvalue weighted by molar-refractivity contribution is 9.10. The number of carbonyl (C=O) groups excluding carboxylic acids is 2. The molecule has 0 spiro atoms. The number of hydrogen-bond donors (Lipinski definition) is 2. The zero-order valence-corrected chi connectivity index (χ0v) is 21.3. The van der Waals surface area contributed by atoms with E-state index in [4.69, 9.17) is 34.8 Å². The highest BCUT2D eigenvalue weighted by Gasteiger charge is 2.40. The molecule has 1 unspecified atom stereocenters. The fourth-order valence-electron chi connectivity index (χ4n) is 2.74. The Morgan fingerprint density at radius 3 is 2.06 bits per heavy atom. The Hall–Kier alpha value is -2.02. The van der Waals surface area contributed by atoms with Gasteiger partial charge in [-0.1, -0.05) is 40.9 Å². The normalized spacial score (nSPS) is 13.4. The molecule has 2 aromatic rings. The second kappa shape index (κ2) is 12.0. The third-order valence-corrected chi connectivity index (χ3v) is 6.27. The lowest BCUT2D eigenvalue weighted by atomic mass is 9.96. The van der Waals surface area contributed by atoms with E-state index in [2.05, 4.69) is 21.2 Å². The summed E-state index contributed by atoms with van der Waals surface area (Å²) in [5.41, 5.74) is -0.948. The maximum atomic E-state index is 14.8. The molecule has 0 aliphatic heterocycles. The number of benzene rings is 2. The highest BCUT2D eigenvalue weighted by Crippen LogP contribution is 2.42. The van der Waals surface area contributed by atoms with Crippen LogP contribution in [0.4, 0.5) is 30.7 Å². The fraction of sp³-hybridized carbons (Fsp3) is 0.238. The van der Waals surface area contributed by atoms with Crippen LogP contribution in [-0.4, -0.2) is 37.3 Å². The summed E-state index contributed by atoms with van der Waals surface area (Å²) < 4.78 is 92.1. The van der Waals surface area contributed by atoms with Crippen molar-refractivity contribution in [1.82, 2.24) is 10.6 Å². The van der Waals surface area contributed by atoms with Crippen LogP contribution in [0.1, 0.15) is 27.4 Å². The van der Waals surface area contributed by atoms with Gasteiger partial charge in [0, 0.05) is 10.0 Å². The van der Waals surface area contributed by atoms with Crippen molar-refractivity contribution in [2.24, 2.45) is 0 Å². The third kappa shape index (κ3) is 8.53. The van der Waals surface area contributed by atoms with Crippen LogP contribution >= 0.6 is 50.7 Å². The summed E-state index contributed by atoms with van der Waals surface area (Å²) in [6, 6.07) is 4.89. The van der Waals surface area contributed by atoms with Gasteiger partial charge >= 0.3 is 12.4 Å². The van der Waals surface area contributed by atoms with Gasteiger partial charge in [0.05, 0.1) is 27.2 Å². The molecule has 0 saturated carbocycles. The average molecular weight is 645 g/mol. The smallest absolute Gasteiger partial charge is 0.345 e. The van der Waals surface area contributed by atoms with Crippen molar-refractivity contribution >= 4 is 68.4 Å². The van der Waals surface area contributed by atoms with Gasteiger partial charge in [0.25, 0.3) is 5.91 Å². The van der Waals surface area contributed by atoms with E-state index >= 15 is 0 Å². The monoisotopic (exact) mass is 642 g/mol. The van der Waals surface area contributed by atoms with Crippen LogP contribution in [0.5, 0.6) is 0 Å². The minimum atomic E-state index is -4.93. The Morgan fingerprint density at radius 2 is 1.56 bits per heavy atom. The molecule has 0 aromatic heterocycles. The molecule has 4 nitrogen and oxygen atoms in total. The van der Waals surface area contributed by atoms with Crippen LogP contribution in [0, 0.1) is 0 Å². The summed E-state index contributed by atoms with van der Waals surface area (Å²) in [7, 11) is 0. The van der Waals surface area contributed by atoms with Crippen LogP contribution < -0.4 is 10.6 Å². The largest absolute Gasteiger partial charge is 0.405 e. The molecular formula is C21H13BrCl3F7N2O2. The van der Waals surface area contributed by atoms with Gasteiger partial charge in [-0.25, -0.2) is 4.39 Å². The molecule has 2 N–H and O–H groups in total. The highest BCUT2D eigenvalue weighted by atomic mass is 79.9. The van der Waals surface area contributed by atoms with Crippen molar-refractivity contribution in [2.75, 3.05) is 13.1 Å². The topological polar surface area (TPSA) is 58.2 Å². The van der Waals surface area contributed by atoms with E-state index in [-0.39, 0.29) is 30.7 Å². The number of carbonyl (C=O) groups is 2. The number of alkyl halides is 6. The molecule has 0 heterocycles. The molecule has 0 aliphatic rings. The van der Waals surface area contributed by atoms with E-state index in [9.17, 15) is 40.3 Å². The lowest BCUT2D eigenvalue weighted by molar-refractivity contribution is -0.139. The van der Waals surface area contributed by atoms with Crippen molar-refractivity contribution in [3.8, 4) is 0 Å². The van der Waals surface area contributed by atoms with E-state index in [0.717, 1.165) is 30.3 Å². The molecule has 196 valence electrons. The molecule has 15 heteroatoms. The third-order valence-electron chi connectivity index (χ3n) is 4.42. The number of amides is 2. The number of nitrogens with one attached hydrogen (secondary N) is 2. The van der Waals surface area contributed by atoms with Crippen molar-refractivity contribution < 1.29 is 40.3 Å². The van der Waals surface area contributed by atoms with Crippen LogP contribution in [0.3, 0.4) is 0 Å². The summed E-state index contributed by atoms with van der Waals surface area (Å²) in [4.78, 5) is 23.6. The fourth-order valence-corrected chi connectivity index (χ4v) is 3.91. The molecule has 1 atom stereocenters. The van der Waals surface area contributed by atoms with E-state index in [1.165, 1.54) is 0 Å². The first-order valence-electron chi connectivity index (χ1n) is 9.49. The summed E-state index contributed by atoms with van der Waals surface area (Å²) in [5, 5.41) is 2.95. The Balaban J connectivity index is 2.23. The minimum absolute atomic E-state index is 0.0575. The molecule has 0 fully saturated rings. The van der Waals surface area contributed by atoms with E-state index < -0.39 is 54.6 Å². The van der Waals surface area contributed by atoms with Gasteiger partial charge in [0.15, 0.2) is 0 Å². The summed E-state index contributed by atoms with van der Waals surface area (Å²) in [5.74, 6) is -5.75. The summed E-state index contributed by atoms with van der Waals surface area (Å²) in [6.07, 6.45) is -9.27. The SMILES string of the molecule is O=C(CNC(=O)c1ccc(C(F)=CC(c2cc(Cl)c(Cl)c(Cl)c2)C(F)(F)F)cc1Br)NCC(F)(F)F.